The summed E-state index contributed by atoms with van der Waals surface area (Å²) in [6.07, 6.45) is -2.15. The topological polar surface area (TPSA) is 138 Å². The molecule has 2 rings (SSSR count). The van der Waals surface area contributed by atoms with Crippen molar-refractivity contribution < 1.29 is 35.9 Å². The van der Waals surface area contributed by atoms with Crippen LogP contribution in [0.2, 0.25) is 0 Å². The number of nitrogens with one attached hydrogen (secondary N) is 3. The molecule has 0 spiro atoms. The first kappa shape index (κ1) is 26.6. The van der Waals surface area contributed by atoms with Crippen molar-refractivity contribution in [3.63, 3.8) is 0 Å². The summed E-state index contributed by atoms with van der Waals surface area (Å²) in [6, 6.07) is 1.08. The van der Waals surface area contributed by atoms with E-state index < -0.39 is 51.1 Å². The molecule has 184 valence electrons. The van der Waals surface area contributed by atoms with Crippen molar-refractivity contribution in [2.75, 3.05) is 12.0 Å². The van der Waals surface area contributed by atoms with Gasteiger partial charge in [0.25, 0.3) is 5.91 Å². The number of pyridine rings is 1. The van der Waals surface area contributed by atoms with E-state index in [1.165, 1.54) is 13.1 Å². The minimum atomic E-state index is -4.62. The van der Waals surface area contributed by atoms with E-state index in [9.17, 15) is 31.2 Å². The van der Waals surface area contributed by atoms with E-state index in [1.807, 2.05) is 0 Å². The molecule has 1 aliphatic carbocycles. The van der Waals surface area contributed by atoms with Gasteiger partial charge in [0.2, 0.25) is 5.91 Å². The second-order valence-corrected chi connectivity index (χ2v) is 10.6. The van der Waals surface area contributed by atoms with Gasteiger partial charge in [0.15, 0.2) is 6.10 Å². The fraction of sp³-hybridized carbons (Fsp3) is 0.600. The van der Waals surface area contributed by atoms with Crippen LogP contribution in [-0.2, 0) is 14.6 Å². The minimum absolute atomic E-state index is 0.0338. The molecule has 1 heterocycles. The van der Waals surface area contributed by atoms with E-state index in [0.29, 0.717) is 5.56 Å². The highest BCUT2D eigenvalue weighted by molar-refractivity contribution is 7.90. The average molecular weight is 493 g/mol. The highest BCUT2D eigenvalue weighted by Crippen LogP contribution is 2.41. The molecule has 1 aromatic heterocycles. The maximum absolute atomic E-state index is 13.1. The monoisotopic (exact) mass is 492 g/mol. The largest absolute Gasteiger partial charge is 0.481 e. The molecule has 0 radical (unpaired) electrons. The summed E-state index contributed by atoms with van der Waals surface area (Å²) in [6.45, 7) is 3.20. The maximum Gasteiger partial charge on any atom is 0.425 e. The van der Waals surface area contributed by atoms with Gasteiger partial charge in [0, 0.05) is 31.0 Å². The van der Waals surface area contributed by atoms with E-state index in [4.69, 9.17) is 10.1 Å². The molecule has 0 aromatic carbocycles. The van der Waals surface area contributed by atoms with E-state index >= 15 is 0 Å². The Morgan fingerprint density at radius 1 is 1.33 bits per heavy atom. The number of amidine groups is 1. The van der Waals surface area contributed by atoms with Crippen LogP contribution in [0.15, 0.2) is 12.3 Å². The van der Waals surface area contributed by atoms with Gasteiger partial charge in [-0.1, -0.05) is 6.42 Å². The maximum atomic E-state index is 13.1. The van der Waals surface area contributed by atoms with Crippen molar-refractivity contribution in [1.82, 2.24) is 15.6 Å². The summed E-state index contributed by atoms with van der Waals surface area (Å²) in [5.41, 5.74) is -1.69. The predicted octanol–water partition coefficient (Wildman–Crippen LogP) is 2.33. The quantitative estimate of drug-likeness (QED) is 0.376. The van der Waals surface area contributed by atoms with E-state index in [-0.39, 0.29) is 17.4 Å². The third kappa shape index (κ3) is 7.14. The van der Waals surface area contributed by atoms with E-state index in [1.54, 1.807) is 0 Å². The number of hydrogen-bond donors (Lipinski definition) is 3. The zero-order valence-electron chi connectivity index (χ0n) is 18.7. The fourth-order valence-electron chi connectivity index (χ4n) is 3.28. The fourth-order valence-corrected chi connectivity index (χ4v) is 4.55. The van der Waals surface area contributed by atoms with Crippen molar-refractivity contribution in [2.45, 2.75) is 63.8 Å². The molecule has 1 unspecified atom stereocenters. The molecule has 1 saturated carbocycles. The van der Waals surface area contributed by atoms with Crippen LogP contribution in [0.5, 0.6) is 5.75 Å². The lowest BCUT2D eigenvalue weighted by Gasteiger charge is -2.31. The number of carbonyl (C=O) groups excluding carboxylic acids is 2. The number of alkyl halides is 3. The number of aromatic nitrogens is 1. The van der Waals surface area contributed by atoms with Crippen molar-refractivity contribution in [3.05, 3.63) is 23.5 Å². The summed E-state index contributed by atoms with van der Waals surface area (Å²) in [4.78, 5) is 28.3. The number of ether oxygens (including phenoxy) is 1. The highest BCUT2D eigenvalue weighted by Gasteiger charge is 2.40. The van der Waals surface area contributed by atoms with Gasteiger partial charge in [0.1, 0.15) is 32.7 Å². The van der Waals surface area contributed by atoms with Crippen molar-refractivity contribution >= 4 is 27.5 Å². The standard InChI is InChI=1S/C20H27F3N4O5S/c1-11(20(21,22)23)32-16-8-15(25-9-14(16)13-6-5-7-13)17(29)27-19(3,10-33(4,30)31)18(24)26-12(2)28/h8-9,11,13H,5-7,10H2,1-4H3,(H,27,29)(H2,24,26,28)/t11-,19?/m0/s1. The van der Waals surface area contributed by atoms with Crippen LogP contribution in [0, 0.1) is 5.41 Å². The lowest BCUT2D eigenvalue weighted by atomic mass is 9.80. The number of rotatable bonds is 8. The Balaban J connectivity index is 2.38. The Kier molecular flexibility index (Phi) is 7.77. The normalized spacial score (nSPS) is 17.3. The Morgan fingerprint density at radius 3 is 2.39 bits per heavy atom. The number of halogens is 3. The van der Waals surface area contributed by atoms with Crippen LogP contribution in [-0.4, -0.2) is 60.9 Å². The van der Waals surface area contributed by atoms with Gasteiger partial charge in [-0.2, -0.15) is 13.2 Å². The first-order chi connectivity index (χ1) is 15.0. The van der Waals surface area contributed by atoms with Crippen LogP contribution >= 0.6 is 0 Å². The molecular formula is C20H27F3N4O5S. The first-order valence-electron chi connectivity index (χ1n) is 10.1. The molecule has 0 bridgehead atoms. The highest BCUT2D eigenvalue weighted by atomic mass is 32.2. The lowest BCUT2D eigenvalue weighted by molar-refractivity contribution is -0.189. The third-order valence-corrected chi connectivity index (χ3v) is 6.33. The minimum Gasteiger partial charge on any atom is -0.481 e. The van der Waals surface area contributed by atoms with Gasteiger partial charge in [0.05, 0.1) is 5.75 Å². The van der Waals surface area contributed by atoms with Crippen molar-refractivity contribution in [2.24, 2.45) is 0 Å². The van der Waals surface area contributed by atoms with Gasteiger partial charge in [-0.15, -0.1) is 0 Å². The van der Waals surface area contributed by atoms with Crippen LogP contribution in [0.1, 0.15) is 62.0 Å². The molecule has 1 aromatic rings. The molecular weight excluding hydrogens is 465 g/mol. The summed E-state index contributed by atoms with van der Waals surface area (Å²) in [5, 5.41) is 12.6. The zero-order chi connectivity index (χ0) is 25.2. The Bertz CT molecular complexity index is 1040. The van der Waals surface area contributed by atoms with Crippen LogP contribution in [0.3, 0.4) is 0 Å². The van der Waals surface area contributed by atoms with Crippen LogP contribution in [0.4, 0.5) is 13.2 Å². The predicted molar refractivity (Wildman–Crippen MR) is 114 cm³/mol. The van der Waals surface area contributed by atoms with E-state index in [2.05, 4.69) is 15.6 Å². The average Bonchev–Trinajstić information content (AvgIpc) is 2.58. The van der Waals surface area contributed by atoms with Gasteiger partial charge < -0.3 is 15.4 Å². The Hall–Kier alpha value is -2.70. The Labute approximate surface area is 189 Å². The lowest BCUT2D eigenvalue weighted by Crippen LogP contribution is -2.60. The zero-order valence-corrected chi connectivity index (χ0v) is 19.5. The third-order valence-electron chi connectivity index (χ3n) is 5.23. The Morgan fingerprint density at radius 2 is 1.94 bits per heavy atom. The molecule has 2 atom stereocenters. The SMILES string of the molecule is CC(=O)NC(=N)C(C)(CS(C)(=O)=O)NC(=O)c1cc(O[C@@H](C)C(F)(F)F)c(C2CCC2)cn1. The molecule has 33 heavy (non-hydrogen) atoms. The second kappa shape index (κ2) is 9.65. The molecule has 3 N–H and O–H groups in total. The number of amides is 2. The summed E-state index contributed by atoms with van der Waals surface area (Å²) >= 11 is 0. The molecule has 13 heteroatoms. The number of hydrogen-bond acceptors (Lipinski definition) is 7. The molecule has 0 aliphatic heterocycles. The van der Waals surface area contributed by atoms with Crippen LogP contribution < -0.4 is 15.4 Å². The van der Waals surface area contributed by atoms with Crippen molar-refractivity contribution in [3.8, 4) is 5.75 Å². The van der Waals surface area contributed by atoms with Crippen LogP contribution in [0.25, 0.3) is 0 Å². The smallest absolute Gasteiger partial charge is 0.425 e. The summed E-state index contributed by atoms with van der Waals surface area (Å²) < 4.78 is 68.1. The van der Waals surface area contributed by atoms with Gasteiger partial charge in [-0.05, 0) is 32.6 Å². The van der Waals surface area contributed by atoms with Crippen molar-refractivity contribution in [1.29, 1.82) is 5.41 Å². The second-order valence-electron chi connectivity index (χ2n) is 8.45. The number of carbonyl (C=O) groups is 2. The molecule has 0 saturated heterocycles. The molecule has 1 fully saturated rings. The first-order valence-corrected chi connectivity index (χ1v) is 12.2. The summed E-state index contributed by atoms with van der Waals surface area (Å²) in [5.74, 6) is -3.03. The van der Waals surface area contributed by atoms with Gasteiger partial charge in [-0.3, -0.25) is 20.0 Å². The molecule has 2 amide bonds. The van der Waals surface area contributed by atoms with Gasteiger partial charge >= 0.3 is 6.18 Å². The van der Waals surface area contributed by atoms with E-state index in [0.717, 1.165) is 45.4 Å². The van der Waals surface area contributed by atoms with Gasteiger partial charge in [-0.25, -0.2) is 8.42 Å². The number of sulfone groups is 1. The molecule has 1 aliphatic rings. The number of nitrogens with zero attached hydrogens (tertiary/aromatic N) is 1. The molecule has 9 nitrogen and oxygen atoms in total. The summed E-state index contributed by atoms with van der Waals surface area (Å²) in [7, 11) is -3.72.